The summed E-state index contributed by atoms with van der Waals surface area (Å²) in [6, 6.07) is 12.7. The second-order valence-corrected chi connectivity index (χ2v) is 11.4. The molecular weight excluding hydrogens is 542 g/mol. The molecule has 4 unspecified atom stereocenters. The van der Waals surface area contributed by atoms with Crippen molar-refractivity contribution in [3.8, 4) is 0 Å². The second-order valence-electron chi connectivity index (χ2n) is 10.1. The van der Waals surface area contributed by atoms with Crippen molar-refractivity contribution in [2.24, 2.45) is 5.10 Å². The van der Waals surface area contributed by atoms with Crippen LogP contribution in [0.5, 0.6) is 0 Å². The van der Waals surface area contributed by atoms with Gasteiger partial charge in [0.2, 0.25) is 5.91 Å². The predicted molar refractivity (Wildman–Crippen MR) is 153 cm³/mol. The SMILES string of the molecule is CCc1ccc(C2C(c3ccc(F)cc3F)=NN(c3ccc(P)cc3P)C2(C)C(=O)NC2(COC)COC2)o1. The molecule has 1 aromatic heterocycles. The first-order valence-electron chi connectivity index (χ1n) is 12.6. The van der Waals surface area contributed by atoms with Crippen molar-refractivity contribution < 1.29 is 27.5 Å². The van der Waals surface area contributed by atoms with Crippen LogP contribution in [0.15, 0.2) is 58.0 Å². The van der Waals surface area contributed by atoms with Crippen LogP contribution in [0, 0.1) is 11.6 Å². The van der Waals surface area contributed by atoms with Gasteiger partial charge in [0.15, 0.2) is 5.54 Å². The van der Waals surface area contributed by atoms with Gasteiger partial charge in [0.05, 0.1) is 37.1 Å². The highest BCUT2D eigenvalue weighted by molar-refractivity contribution is 7.29. The third-order valence-electron chi connectivity index (χ3n) is 7.30. The monoisotopic (exact) mass is 573 g/mol. The Balaban J connectivity index is 1.72. The van der Waals surface area contributed by atoms with Gasteiger partial charge in [-0.05, 0) is 53.9 Å². The van der Waals surface area contributed by atoms with Crippen molar-refractivity contribution in [3.63, 3.8) is 0 Å². The van der Waals surface area contributed by atoms with Crippen LogP contribution >= 0.6 is 18.5 Å². The number of furan rings is 1. The molecule has 1 amide bonds. The zero-order valence-electron chi connectivity index (χ0n) is 22.0. The number of amides is 1. The van der Waals surface area contributed by atoms with Crippen LogP contribution in [0.25, 0.3) is 0 Å². The molecule has 5 rings (SSSR count). The van der Waals surface area contributed by atoms with Crippen LogP contribution in [0.1, 0.15) is 36.8 Å². The van der Waals surface area contributed by atoms with Crippen LogP contribution in [0.3, 0.4) is 0 Å². The zero-order chi connectivity index (χ0) is 27.9. The number of hydrogen-bond donors (Lipinski definition) is 1. The Bertz CT molecular complexity index is 1440. The van der Waals surface area contributed by atoms with E-state index in [1.165, 1.54) is 12.1 Å². The average molecular weight is 574 g/mol. The summed E-state index contributed by atoms with van der Waals surface area (Å²) in [4.78, 5) is 14.4. The number of hydrogen-bond acceptors (Lipinski definition) is 6. The lowest BCUT2D eigenvalue weighted by atomic mass is 9.77. The van der Waals surface area contributed by atoms with Gasteiger partial charge in [-0.15, -0.1) is 18.5 Å². The molecule has 11 heteroatoms. The molecule has 206 valence electrons. The Hall–Kier alpha value is -2.70. The summed E-state index contributed by atoms with van der Waals surface area (Å²) in [5.41, 5.74) is -1.14. The molecular formula is C28H31F2N3O4P2. The third-order valence-corrected chi connectivity index (χ3v) is 8.12. The Morgan fingerprint density at radius 3 is 2.54 bits per heavy atom. The van der Waals surface area contributed by atoms with E-state index in [0.717, 1.165) is 16.7 Å². The number of aryl methyl sites for hydroxylation is 1. The molecule has 0 bridgehead atoms. The predicted octanol–water partition coefficient (Wildman–Crippen LogP) is 3.42. The maximum atomic E-state index is 15.3. The first-order valence-corrected chi connectivity index (χ1v) is 13.7. The molecule has 1 saturated heterocycles. The molecule has 3 aromatic rings. The molecule has 2 aliphatic rings. The van der Waals surface area contributed by atoms with Gasteiger partial charge in [-0.2, -0.15) is 5.10 Å². The Kier molecular flexibility index (Phi) is 7.64. The normalized spacial score (nSPS) is 22.0. The number of carbonyl (C=O) groups excluding carboxylic acids is 1. The van der Waals surface area contributed by atoms with Gasteiger partial charge in [0, 0.05) is 25.2 Å². The summed E-state index contributed by atoms with van der Waals surface area (Å²) in [5, 5.41) is 11.4. The molecule has 3 heterocycles. The maximum absolute atomic E-state index is 15.3. The highest BCUT2D eigenvalue weighted by Crippen LogP contribution is 2.46. The highest BCUT2D eigenvalue weighted by Gasteiger charge is 2.58. The Morgan fingerprint density at radius 2 is 1.95 bits per heavy atom. The van der Waals surface area contributed by atoms with Gasteiger partial charge < -0.3 is 19.2 Å². The molecule has 1 fully saturated rings. The standard InChI is InChI=1S/C28H31F2N3O4P2/c1-4-17-6-10-22(37-17)24-25(19-8-5-16(29)11-20(19)30)32-33(21-9-7-18(38)12-23(21)39)27(24,2)26(34)31-28(13-35-3)14-36-15-28/h5-12,24H,4,13-15,38-39H2,1-3H3,(H,31,34). The van der Waals surface area contributed by atoms with Crippen molar-refractivity contribution in [3.05, 3.63) is 77.2 Å². The van der Waals surface area contributed by atoms with Crippen molar-refractivity contribution in [2.75, 3.05) is 31.9 Å². The van der Waals surface area contributed by atoms with Gasteiger partial charge in [-0.3, -0.25) is 4.79 Å². The summed E-state index contributed by atoms with van der Waals surface area (Å²) in [5.74, 6) is -1.51. The average Bonchev–Trinajstić information content (AvgIpc) is 3.45. The van der Waals surface area contributed by atoms with Gasteiger partial charge in [-0.25, -0.2) is 13.8 Å². The summed E-state index contributed by atoms with van der Waals surface area (Å²) in [6.45, 7) is 4.57. The number of halogens is 2. The quantitative estimate of drug-likeness (QED) is 0.418. The van der Waals surface area contributed by atoms with E-state index < -0.39 is 28.6 Å². The molecule has 0 spiro atoms. The number of carbonyl (C=O) groups is 1. The topological polar surface area (TPSA) is 76.3 Å². The lowest BCUT2D eigenvalue weighted by Crippen LogP contribution is -2.70. The smallest absolute Gasteiger partial charge is 0.249 e. The van der Waals surface area contributed by atoms with Gasteiger partial charge in [0.25, 0.3) is 0 Å². The molecule has 2 aliphatic heterocycles. The minimum absolute atomic E-state index is 0.0870. The highest BCUT2D eigenvalue weighted by atomic mass is 31.0. The zero-order valence-corrected chi connectivity index (χ0v) is 24.3. The number of nitrogens with zero attached hydrogens (tertiary/aromatic N) is 2. The van der Waals surface area contributed by atoms with Crippen molar-refractivity contribution in [1.29, 1.82) is 0 Å². The number of rotatable bonds is 8. The molecule has 0 saturated carbocycles. The van der Waals surface area contributed by atoms with Gasteiger partial charge in [0.1, 0.15) is 28.7 Å². The van der Waals surface area contributed by atoms with Gasteiger partial charge in [-0.1, -0.05) is 13.0 Å². The van der Waals surface area contributed by atoms with E-state index in [9.17, 15) is 9.18 Å². The number of nitrogens with one attached hydrogen (secondary N) is 1. The van der Waals surface area contributed by atoms with Crippen LogP contribution in [0.2, 0.25) is 0 Å². The first kappa shape index (κ1) is 27.9. The van der Waals surface area contributed by atoms with Crippen molar-refractivity contribution in [2.45, 2.75) is 37.3 Å². The molecule has 7 nitrogen and oxygen atoms in total. The molecule has 0 aliphatic carbocycles. The number of anilines is 1. The minimum Gasteiger partial charge on any atom is -0.465 e. The van der Waals surface area contributed by atoms with Crippen LogP contribution < -0.4 is 20.9 Å². The van der Waals surface area contributed by atoms with Gasteiger partial charge >= 0.3 is 0 Å². The van der Waals surface area contributed by atoms with E-state index in [4.69, 9.17) is 19.0 Å². The number of hydrazone groups is 1. The summed E-state index contributed by atoms with van der Waals surface area (Å²) in [6.07, 6.45) is 0.635. The molecule has 1 N–H and O–H groups in total. The Morgan fingerprint density at radius 1 is 1.18 bits per heavy atom. The number of ether oxygens (including phenoxy) is 2. The van der Waals surface area contributed by atoms with E-state index >= 15 is 4.39 Å². The van der Waals surface area contributed by atoms with E-state index in [2.05, 4.69) is 23.8 Å². The van der Waals surface area contributed by atoms with Crippen LogP contribution in [-0.2, 0) is 20.7 Å². The van der Waals surface area contributed by atoms with Crippen molar-refractivity contribution >= 4 is 46.4 Å². The fourth-order valence-corrected chi connectivity index (χ4v) is 6.08. The largest absolute Gasteiger partial charge is 0.465 e. The number of methoxy groups -OCH3 is 1. The second kappa shape index (κ2) is 10.7. The molecule has 0 radical (unpaired) electrons. The summed E-state index contributed by atoms with van der Waals surface area (Å²) >= 11 is 0. The van der Waals surface area contributed by atoms with E-state index in [-0.39, 0.29) is 23.8 Å². The van der Waals surface area contributed by atoms with E-state index in [1.807, 2.05) is 31.2 Å². The minimum atomic E-state index is -1.41. The molecule has 2 aromatic carbocycles. The van der Waals surface area contributed by atoms with Crippen LogP contribution in [0.4, 0.5) is 14.5 Å². The van der Waals surface area contributed by atoms with Crippen LogP contribution in [-0.4, -0.2) is 49.6 Å². The lowest BCUT2D eigenvalue weighted by molar-refractivity contribution is -0.143. The lowest BCUT2D eigenvalue weighted by Gasteiger charge is -2.45. The number of benzene rings is 2. The third kappa shape index (κ3) is 4.91. The molecule has 4 atom stereocenters. The first-order chi connectivity index (χ1) is 18.6. The van der Waals surface area contributed by atoms with Crippen molar-refractivity contribution in [1.82, 2.24) is 5.32 Å². The fraction of sp³-hybridized carbons (Fsp3) is 0.357. The van der Waals surface area contributed by atoms with E-state index in [1.54, 1.807) is 25.1 Å². The Labute approximate surface area is 230 Å². The van der Waals surface area contributed by atoms with E-state index in [0.29, 0.717) is 36.8 Å². The summed E-state index contributed by atoms with van der Waals surface area (Å²) < 4.78 is 46.2. The summed E-state index contributed by atoms with van der Waals surface area (Å²) in [7, 11) is 6.89. The maximum Gasteiger partial charge on any atom is 0.249 e. The fourth-order valence-electron chi connectivity index (χ4n) is 5.20. The molecule has 39 heavy (non-hydrogen) atoms.